The smallest absolute Gasteiger partial charge is 0.213 e. The number of aromatic nitrogens is 1. The second-order valence-electron chi connectivity index (χ2n) is 6.31. The number of hydrogen-bond acceptors (Lipinski definition) is 4. The first-order valence-electron chi connectivity index (χ1n) is 8.99. The minimum absolute atomic E-state index is 0.289. The Morgan fingerprint density at radius 2 is 2.04 bits per heavy atom. The van der Waals surface area contributed by atoms with Crippen LogP contribution in [0.5, 0.6) is 5.88 Å². The Hall–Kier alpha value is -2.21. The molecule has 0 atom stereocenters. The predicted octanol–water partition coefficient (Wildman–Crippen LogP) is 3.47. The molecule has 0 amide bonds. The third-order valence-electron chi connectivity index (χ3n) is 4.24. The lowest BCUT2D eigenvalue weighted by Gasteiger charge is -2.18. The number of nitrogens with zero attached hydrogens (tertiary/aromatic N) is 2. The summed E-state index contributed by atoms with van der Waals surface area (Å²) in [5, 5.41) is 6.84. The summed E-state index contributed by atoms with van der Waals surface area (Å²) in [5.41, 5.74) is 1.12. The van der Waals surface area contributed by atoms with Crippen molar-refractivity contribution in [3.63, 3.8) is 0 Å². The highest BCUT2D eigenvalue weighted by molar-refractivity contribution is 8.01. The number of thioether (sulfide) groups is 1. The largest absolute Gasteiger partial charge is 0.478 e. The Labute approximate surface area is 159 Å². The van der Waals surface area contributed by atoms with E-state index in [0.29, 0.717) is 19.0 Å². The highest BCUT2D eigenvalue weighted by atomic mass is 32.2. The molecule has 0 spiro atoms. The van der Waals surface area contributed by atoms with Gasteiger partial charge in [0.15, 0.2) is 5.96 Å². The average Bonchev–Trinajstić information content (AvgIpc) is 3.43. The number of guanidine groups is 1. The first-order valence-corrected chi connectivity index (χ1v) is 9.81. The molecule has 138 valence electrons. The van der Waals surface area contributed by atoms with Gasteiger partial charge in [-0.3, -0.25) is 4.99 Å². The van der Waals surface area contributed by atoms with Crippen LogP contribution in [-0.2, 0) is 6.54 Å². The van der Waals surface area contributed by atoms with Crippen LogP contribution in [0.25, 0.3) is 0 Å². The maximum Gasteiger partial charge on any atom is 0.213 e. The van der Waals surface area contributed by atoms with Gasteiger partial charge in [-0.1, -0.05) is 18.2 Å². The van der Waals surface area contributed by atoms with Gasteiger partial charge in [0.1, 0.15) is 0 Å². The molecule has 1 aliphatic rings. The molecule has 0 aliphatic heterocycles. The molecule has 0 radical (unpaired) electrons. The average molecular weight is 371 g/mol. The van der Waals surface area contributed by atoms with Crippen LogP contribution in [0.3, 0.4) is 0 Å². The van der Waals surface area contributed by atoms with Gasteiger partial charge in [0.2, 0.25) is 5.88 Å². The molecule has 3 rings (SSSR count). The van der Waals surface area contributed by atoms with Crippen molar-refractivity contribution in [3.05, 3.63) is 54.2 Å². The van der Waals surface area contributed by atoms with Crippen molar-refractivity contribution in [2.75, 3.05) is 20.2 Å². The SMILES string of the molecule is CCOc1cc(CNC(=NC)NCC2(Sc3ccccc3)CC2)ccn1. The molecule has 2 aromatic rings. The lowest BCUT2D eigenvalue weighted by Crippen LogP contribution is -2.40. The van der Waals surface area contributed by atoms with Crippen molar-refractivity contribution in [2.45, 2.75) is 36.0 Å². The van der Waals surface area contributed by atoms with Gasteiger partial charge < -0.3 is 15.4 Å². The quantitative estimate of drug-likeness (QED) is 0.550. The normalized spacial score (nSPS) is 15.4. The van der Waals surface area contributed by atoms with E-state index in [-0.39, 0.29) is 4.75 Å². The fourth-order valence-corrected chi connectivity index (χ4v) is 3.88. The Morgan fingerprint density at radius 1 is 1.23 bits per heavy atom. The van der Waals surface area contributed by atoms with Gasteiger partial charge in [0.05, 0.1) is 6.61 Å². The van der Waals surface area contributed by atoms with Crippen LogP contribution in [0.1, 0.15) is 25.3 Å². The van der Waals surface area contributed by atoms with Crippen LogP contribution in [0.15, 0.2) is 58.5 Å². The molecule has 0 saturated heterocycles. The zero-order valence-electron chi connectivity index (χ0n) is 15.4. The molecular weight excluding hydrogens is 344 g/mol. The summed E-state index contributed by atoms with van der Waals surface area (Å²) in [6.07, 6.45) is 4.24. The third-order valence-corrected chi connectivity index (χ3v) is 5.73. The van der Waals surface area contributed by atoms with Gasteiger partial charge in [0.25, 0.3) is 0 Å². The van der Waals surface area contributed by atoms with E-state index in [1.807, 2.05) is 30.8 Å². The van der Waals surface area contributed by atoms with Crippen LogP contribution < -0.4 is 15.4 Å². The standard InChI is InChI=1S/C20H26N4OS/c1-3-25-18-13-16(9-12-22-18)14-23-19(21-2)24-15-20(10-11-20)26-17-7-5-4-6-8-17/h4-9,12-13H,3,10-11,14-15H2,1-2H3,(H2,21,23,24). The molecule has 0 bridgehead atoms. The Bertz CT molecular complexity index is 732. The van der Waals surface area contributed by atoms with E-state index in [4.69, 9.17) is 4.74 Å². The molecule has 1 heterocycles. The molecular formula is C20H26N4OS. The third kappa shape index (κ3) is 5.39. The van der Waals surface area contributed by atoms with Crippen LogP contribution >= 0.6 is 11.8 Å². The van der Waals surface area contributed by atoms with Gasteiger partial charge in [0, 0.05) is 42.0 Å². The van der Waals surface area contributed by atoms with E-state index in [9.17, 15) is 0 Å². The number of pyridine rings is 1. The number of ether oxygens (including phenoxy) is 1. The van der Waals surface area contributed by atoms with E-state index < -0.39 is 0 Å². The van der Waals surface area contributed by atoms with Gasteiger partial charge in [-0.25, -0.2) is 4.98 Å². The Morgan fingerprint density at radius 3 is 2.73 bits per heavy atom. The van der Waals surface area contributed by atoms with Crippen molar-refractivity contribution in [2.24, 2.45) is 4.99 Å². The summed E-state index contributed by atoms with van der Waals surface area (Å²) in [6, 6.07) is 14.5. The van der Waals surface area contributed by atoms with Crippen LogP contribution in [0.4, 0.5) is 0 Å². The number of hydrogen-bond donors (Lipinski definition) is 2. The predicted molar refractivity (Wildman–Crippen MR) is 108 cm³/mol. The summed E-state index contributed by atoms with van der Waals surface area (Å²) < 4.78 is 5.74. The lowest BCUT2D eigenvalue weighted by molar-refractivity contribution is 0.326. The highest BCUT2D eigenvalue weighted by Crippen LogP contribution is 2.51. The number of aliphatic imine (C=N–C) groups is 1. The number of nitrogens with one attached hydrogen (secondary N) is 2. The van der Waals surface area contributed by atoms with Gasteiger partial charge in [-0.05, 0) is 43.5 Å². The second-order valence-corrected chi connectivity index (χ2v) is 7.85. The zero-order valence-corrected chi connectivity index (χ0v) is 16.2. The number of rotatable bonds is 8. The lowest BCUT2D eigenvalue weighted by atomic mass is 10.2. The minimum atomic E-state index is 0.289. The van der Waals surface area contributed by atoms with Crippen molar-refractivity contribution in [1.82, 2.24) is 15.6 Å². The highest BCUT2D eigenvalue weighted by Gasteiger charge is 2.43. The molecule has 1 aromatic heterocycles. The molecule has 1 fully saturated rings. The van der Waals surface area contributed by atoms with E-state index in [1.165, 1.54) is 17.7 Å². The van der Waals surface area contributed by atoms with E-state index in [2.05, 4.69) is 50.9 Å². The minimum Gasteiger partial charge on any atom is -0.478 e. The monoisotopic (exact) mass is 370 g/mol. The van der Waals surface area contributed by atoms with Crippen molar-refractivity contribution >= 4 is 17.7 Å². The van der Waals surface area contributed by atoms with Crippen molar-refractivity contribution < 1.29 is 4.74 Å². The van der Waals surface area contributed by atoms with Gasteiger partial charge in [-0.2, -0.15) is 0 Å². The van der Waals surface area contributed by atoms with Crippen molar-refractivity contribution in [3.8, 4) is 5.88 Å². The Balaban J connectivity index is 1.48. The maximum absolute atomic E-state index is 5.45. The maximum atomic E-state index is 5.45. The molecule has 26 heavy (non-hydrogen) atoms. The molecule has 5 nitrogen and oxygen atoms in total. The van der Waals surface area contributed by atoms with Crippen LogP contribution in [-0.4, -0.2) is 35.9 Å². The fraction of sp³-hybridized carbons (Fsp3) is 0.400. The molecule has 6 heteroatoms. The summed E-state index contributed by atoms with van der Waals surface area (Å²) in [5.74, 6) is 1.48. The summed E-state index contributed by atoms with van der Waals surface area (Å²) in [6.45, 7) is 4.17. The van der Waals surface area contributed by atoms with Crippen LogP contribution in [0.2, 0.25) is 0 Å². The Kier molecular flexibility index (Phi) is 6.39. The van der Waals surface area contributed by atoms with Gasteiger partial charge >= 0.3 is 0 Å². The van der Waals surface area contributed by atoms with E-state index >= 15 is 0 Å². The topological polar surface area (TPSA) is 58.5 Å². The van der Waals surface area contributed by atoms with Crippen LogP contribution in [0, 0.1) is 0 Å². The second kappa shape index (κ2) is 8.94. The molecule has 2 N–H and O–H groups in total. The molecule has 1 aliphatic carbocycles. The fourth-order valence-electron chi connectivity index (χ4n) is 2.63. The molecule has 0 unspecified atom stereocenters. The molecule has 1 saturated carbocycles. The summed E-state index contributed by atoms with van der Waals surface area (Å²) in [4.78, 5) is 9.86. The number of benzene rings is 1. The molecule has 1 aromatic carbocycles. The summed E-state index contributed by atoms with van der Waals surface area (Å²) >= 11 is 1.96. The van der Waals surface area contributed by atoms with E-state index in [0.717, 1.165) is 18.1 Å². The van der Waals surface area contributed by atoms with Gasteiger partial charge in [-0.15, -0.1) is 11.8 Å². The van der Waals surface area contributed by atoms with Crippen molar-refractivity contribution in [1.29, 1.82) is 0 Å². The summed E-state index contributed by atoms with van der Waals surface area (Å²) in [7, 11) is 1.80. The van der Waals surface area contributed by atoms with E-state index in [1.54, 1.807) is 13.2 Å². The first-order chi connectivity index (χ1) is 12.7. The zero-order chi connectivity index (χ0) is 18.2. The first kappa shape index (κ1) is 18.6.